The van der Waals surface area contributed by atoms with Gasteiger partial charge >= 0.3 is 0 Å². The van der Waals surface area contributed by atoms with E-state index in [2.05, 4.69) is 50.8 Å². The van der Waals surface area contributed by atoms with Gasteiger partial charge in [-0.3, -0.25) is 4.79 Å². The summed E-state index contributed by atoms with van der Waals surface area (Å²) in [4.78, 5) is 18.6. The minimum atomic E-state index is 0.158. The number of imidazole rings is 1. The Hall–Kier alpha value is -2.14. The van der Waals surface area contributed by atoms with Crippen LogP contribution in [0.3, 0.4) is 0 Å². The summed E-state index contributed by atoms with van der Waals surface area (Å²) in [6.45, 7) is 1.50. The third kappa shape index (κ3) is 2.73. The van der Waals surface area contributed by atoms with E-state index in [0.29, 0.717) is 6.42 Å². The Morgan fingerprint density at radius 1 is 1.17 bits per heavy atom. The van der Waals surface area contributed by atoms with Crippen molar-refractivity contribution in [3.05, 3.63) is 64.4 Å². The molecule has 1 aliphatic rings. The van der Waals surface area contributed by atoms with Crippen molar-refractivity contribution in [2.24, 2.45) is 0 Å². The van der Waals surface area contributed by atoms with Crippen molar-refractivity contribution >= 4 is 32.9 Å². The normalized spacial score (nSPS) is 17.8. The summed E-state index contributed by atoms with van der Waals surface area (Å²) < 4.78 is 3.33. The molecule has 122 valence electrons. The maximum atomic E-state index is 12.0. The highest BCUT2D eigenvalue weighted by atomic mass is 79.9. The van der Waals surface area contributed by atoms with Crippen LogP contribution in [-0.2, 0) is 11.3 Å². The Balaban J connectivity index is 1.78. The van der Waals surface area contributed by atoms with E-state index in [-0.39, 0.29) is 11.8 Å². The van der Waals surface area contributed by atoms with Gasteiger partial charge < -0.3 is 9.47 Å². The molecule has 4 rings (SSSR count). The summed E-state index contributed by atoms with van der Waals surface area (Å²) in [5.74, 6) is 1.37. The first-order valence-corrected chi connectivity index (χ1v) is 8.84. The molecule has 0 saturated carbocycles. The highest BCUT2D eigenvalue weighted by Gasteiger charge is 2.31. The lowest BCUT2D eigenvalue weighted by atomic mass is 10.1. The first-order chi connectivity index (χ1) is 11.6. The molecule has 0 spiro atoms. The van der Waals surface area contributed by atoms with Crippen molar-refractivity contribution in [3.8, 4) is 0 Å². The number of benzene rings is 2. The Kier molecular flexibility index (Phi) is 3.88. The highest BCUT2D eigenvalue weighted by Crippen LogP contribution is 2.30. The number of likely N-dealkylation sites (N-methyl/N-ethyl adjacent to an activating group) is 1. The third-order valence-electron chi connectivity index (χ3n) is 4.64. The summed E-state index contributed by atoms with van der Waals surface area (Å²) in [5, 5.41) is 0. The van der Waals surface area contributed by atoms with Crippen molar-refractivity contribution in [2.45, 2.75) is 18.9 Å². The summed E-state index contributed by atoms with van der Waals surface area (Å²) in [7, 11) is 1.87. The fraction of sp³-hybridized carbons (Fsp3) is 0.263. The number of nitrogens with zero attached hydrogens (tertiary/aromatic N) is 3. The van der Waals surface area contributed by atoms with Gasteiger partial charge in [-0.2, -0.15) is 0 Å². The van der Waals surface area contributed by atoms with Gasteiger partial charge in [0.15, 0.2) is 0 Å². The van der Waals surface area contributed by atoms with Crippen molar-refractivity contribution in [2.75, 3.05) is 13.6 Å². The fourth-order valence-corrected chi connectivity index (χ4v) is 3.65. The first-order valence-electron chi connectivity index (χ1n) is 8.05. The number of hydrogen-bond donors (Lipinski definition) is 0. The van der Waals surface area contributed by atoms with E-state index < -0.39 is 0 Å². The van der Waals surface area contributed by atoms with Gasteiger partial charge in [0.25, 0.3) is 0 Å². The highest BCUT2D eigenvalue weighted by molar-refractivity contribution is 9.10. The molecule has 1 amide bonds. The minimum absolute atomic E-state index is 0.158. The van der Waals surface area contributed by atoms with E-state index in [1.807, 2.05) is 25.2 Å². The number of fused-ring (bicyclic) bond motifs is 1. The molecule has 1 aliphatic heterocycles. The summed E-state index contributed by atoms with van der Waals surface area (Å²) >= 11 is 3.48. The molecule has 2 heterocycles. The Morgan fingerprint density at radius 3 is 2.62 bits per heavy atom. The zero-order valence-corrected chi connectivity index (χ0v) is 15.0. The van der Waals surface area contributed by atoms with Crippen molar-refractivity contribution < 1.29 is 4.79 Å². The molecule has 1 fully saturated rings. The molecule has 1 atom stereocenters. The molecule has 1 saturated heterocycles. The second kappa shape index (κ2) is 6.06. The van der Waals surface area contributed by atoms with E-state index in [1.54, 1.807) is 4.90 Å². The lowest BCUT2D eigenvalue weighted by molar-refractivity contribution is -0.126. The molecular formula is C19H18BrN3O. The van der Waals surface area contributed by atoms with Crippen LogP contribution in [0.5, 0.6) is 0 Å². The quantitative estimate of drug-likeness (QED) is 0.689. The number of aromatic nitrogens is 2. The van der Waals surface area contributed by atoms with Gasteiger partial charge in [-0.05, 0) is 29.8 Å². The lowest BCUT2D eigenvalue weighted by Crippen LogP contribution is -2.19. The number of para-hydroxylation sites is 2. The first kappa shape index (κ1) is 15.4. The van der Waals surface area contributed by atoms with Crippen molar-refractivity contribution in [1.82, 2.24) is 14.5 Å². The zero-order valence-electron chi connectivity index (χ0n) is 13.4. The molecular weight excluding hydrogens is 366 g/mol. The predicted octanol–water partition coefficient (Wildman–Crippen LogP) is 3.79. The standard InChI is InChI=1S/C19H18BrN3O/c1-22-12-14(10-18(22)24)19-21-16-4-2-3-5-17(16)23(19)11-13-6-8-15(20)9-7-13/h2-9,14H,10-12H2,1H3/t14-/m1/s1. The van der Waals surface area contributed by atoms with Gasteiger partial charge in [-0.25, -0.2) is 4.98 Å². The summed E-state index contributed by atoms with van der Waals surface area (Å²) in [6, 6.07) is 16.5. The Morgan fingerprint density at radius 2 is 1.92 bits per heavy atom. The van der Waals surface area contributed by atoms with Gasteiger partial charge in [-0.15, -0.1) is 0 Å². The average molecular weight is 384 g/mol. The molecule has 4 nitrogen and oxygen atoms in total. The number of carbonyl (C=O) groups excluding carboxylic acids is 1. The number of likely N-dealkylation sites (tertiary alicyclic amines) is 1. The predicted molar refractivity (Wildman–Crippen MR) is 98.0 cm³/mol. The average Bonchev–Trinajstić information content (AvgIpc) is 3.11. The Bertz CT molecular complexity index is 901. The number of hydrogen-bond acceptors (Lipinski definition) is 2. The van der Waals surface area contributed by atoms with Gasteiger partial charge in [0.1, 0.15) is 5.82 Å². The monoisotopic (exact) mass is 383 g/mol. The maximum Gasteiger partial charge on any atom is 0.223 e. The summed E-state index contributed by atoms with van der Waals surface area (Å²) in [5.41, 5.74) is 3.34. The molecule has 1 aromatic heterocycles. The smallest absolute Gasteiger partial charge is 0.223 e. The third-order valence-corrected chi connectivity index (χ3v) is 5.17. The number of rotatable bonds is 3. The van der Waals surface area contributed by atoms with Crippen LogP contribution in [0.15, 0.2) is 53.0 Å². The van der Waals surface area contributed by atoms with Crippen LogP contribution in [0.2, 0.25) is 0 Å². The van der Waals surface area contributed by atoms with Gasteiger partial charge in [0.2, 0.25) is 5.91 Å². The molecule has 0 unspecified atom stereocenters. The van der Waals surface area contributed by atoms with Crippen LogP contribution in [0.4, 0.5) is 0 Å². The van der Waals surface area contributed by atoms with Crippen LogP contribution in [0.1, 0.15) is 23.7 Å². The second-order valence-electron chi connectivity index (χ2n) is 6.35. The van der Waals surface area contributed by atoms with Gasteiger partial charge in [0, 0.05) is 36.9 Å². The SMILES string of the molecule is CN1C[C@H](c2nc3ccccc3n2Cc2ccc(Br)cc2)CC1=O. The van der Waals surface area contributed by atoms with Crippen molar-refractivity contribution in [3.63, 3.8) is 0 Å². The summed E-state index contributed by atoms with van der Waals surface area (Å²) in [6.07, 6.45) is 0.542. The van der Waals surface area contributed by atoms with Gasteiger partial charge in [0.05, 0.1) is 11.0 Å². The molecule has 24 heavy (non-hydrogen) atoms. The minimum Gasteiger partial charge on any atom is -0.345 e. The number of halogens is 1. The molecule has 5 heteroatoms. The number of amides is 1. The lowest BCUT2D eigenvalue weighted by Gasteiger charge is -2.14. The van der Waals surface area contributed by atoms with E-state index in [1.165, 1.54) is 5.56 Å². The van der Waals surface area contributed by atoms with Crippen LogP contribution in [-0.4, -0.2) is 34.0 Å². The second-order valence-corrected chi connectivity index (χ2v) is 7.26. The Labute approximate surface area is 149 Å². The molecule has 0 aliphatic carbocycles. The van der Waals surface area contributed by atoms with E-state index >= 15 is 0 Å². The van der Waals surface area contributed by atoms with E-state index in [9.17, 15) is 4.79 Å². The fourth-order valence-electron chi connectivity index (χ4n) is 3.38. The van der Waals surface area contributed by atoms with Crippen molar-refractivity contribution in [1.29, 1.82) is 0 Å². The topological polar surface area (TPSA) is 38.1 Å². The van der Waals surface area contributed by atoms with E-state index in [0.717, 1.165) is 34.4 Å². The molecule has 3 aromatic rings. The molecule has 0 bridgehead atoms. The zero-order chi connectivity index (χ0) is 16.7. The molecule has 0 radical (unpaired) electrons. The number of carbonyl (C=O) groups is 1. The van der Waals surface area contributed by atoms with Crippen LogP contribution in [0.25, 0.3) is 11.0 Å². The van der Waals surface area contributed by atoms with Crippen LogP contribution >= 0.6 is 15.9 Å². The maximum absolute atomic E-state index is 12.0. The van der Waals surface area contributed by atoms with Crippen LogP contribution in [0, 0.1) is 0 Å². The van der Waals surface area contributed by atoms with Crippen LogP contribution < -0.4 is 0 Å². The largest absolute Gasteiger partial charge is 0.345 e. The molecule has 2 aromatic carbocycles. The molecule has 0 N–H and O–H groups in total. The van der Waals surface area contributed by atoms with Gasteiger partial charge in [-0.1, -0.05) is 40.2 Å². The van der Waals surface area contributed by atoms with E-state index in [4.69, 9.17) is 4.98 Å².